The van der Waals surface area contributed by atoms with Crippen molar-refractivity contribution in [1.29, 1.82) is 0 Å². The Morgan fingerprint density at radius 3 is 2.39 bits per heavy atom. The highest BCUT2D eigenvalue weighted by molar-refractivity contribution is 5.58. The van der Waals surface area contributed by atoms with Gasteiger partial charge in [0.15, 0.2) is 23.3 Å². The summed E-state index contributed by atoms with van der Waals surface area (Å²) >= 11 is 0. The molecule has 1 aromatic heterocycles. The molecule has 1 aromatic carbocycles. The smallest absolute Gasteiger partial charge is 0.169 e. The van der Waals surface area contributed by atoms with E-state index in [-0.39, 0.29) is 11.6 Å². The highest BCUT2D eigenvalue weighted by Crippen LogP contribution is 2.22. The summed E-state index contributed by atoms with van der Waals surface area (Å²) in [7, 11) is 1.47. The molecule has 0 aliphatic carbocycles. The number of anilines is 3. The largest absolute Gasteiger partial charge is 0.371 e. The summed E-state index contributed by atoms with van der Waals surface area (Å²) in [4.78, 5) is 3.72. The van der Waals surface area contributed by atoms with Gasteiger partial charge in [0.2, 0.25) is 0 Å². The first-order valence-corrected chi connectivity index (χ1v) is 5.16. The standard InChI is InChI=1S/C12H10F3N3/c1-16-11-9(14)6-10(15)12(18-11)17-8-4-2-3-7(13)5-8/h2-6H,1H3,(H2,16,17,18). The van der Waals surface area contributed by atoms with Crippen LogP contribution in [0.5, 0.6) is 0 Å². The molecular weight excluding hydrogens is 243 g/mol. The Morgan fingerprint density at radius 2 is 1.72 bits per heavy atom. The van der Waals surface area contributed by atoms with Crippen LogP contribution in [0.1, 0.15) is 0 Å². The maximum absolute atomic E-state index is 13.5. The van der Waals surface area contributed by atoms with Crippen LogP contribution >= 0.6 is 0 Å². The Balaban J connectivity index is 2.34. The number of hydrogen-bond acceptors (Lipinski definition) is 3. The van der Waals surface area contributed by atoms with E-state index < -0.39 is 17.5 Å². The summed E-state index contributed by atoms with van der Waals surface area (Å²) in [6.07, 6.45) is 0. The Kier molecular flexibility index (Phi) is 3.36. The third-order valence-corrected chi connectivity index (χ3v) is 2.25. The van der Waals surface area contributed by atoms with Gasteiger partial charge in [-0.2, -0.15) is 0 Å². The second-order valence-electron chi connectivity index (χ2n) is 3.53. The van der Waals surface area contributed by atoms with Gasteiger partial charge in [-0.15, -0.1) is 0 Å². The lowest BCUT2D eigenvalue weighted by Crippen LogP contribution is -2.03. The zero-order valence-corrected chi connectivity index (χ0v) is 9.47. The first-order chi connectivity index (χ1) is 8.60. The predicted molar refractivity (Wildman–Crippen MR) is 63.4 cm³/mol. The van der Waals surface area contributed by atoms with Crippen molar-refractivity contribution in [3.8, 4) is 0 Å². The SMILES string of the molecule is CNc1nc(Nc2cccc(F)c2)c(F)cc1F. The number of hydrogen-bond donors (Lipinski definition) is 2. The van der Waals surface area contributed by atoms with Crippen molar-refractivity contribution in [2.45, 2.75) is 0 Å². The number of benzene rings is 1. The van der Waals surface area contributed by atoms with E-state index in [2.05, 4.69) is 15.6 Å². The Bertz CT molecular complexity index is 572. The van der Waals surface area contributed by atoms with Gasteiger partial charge in [-0.3, -0.25) is 0 Å². The van der Waals surface area contributed by atoms with Gasteiger partial charge in [0.25, 0.3) is 0 Å². The highest BCUT2D eigenvalue weighted by Gasteiger charge is 2.11. The quantitative estimate of drug-likeness (QED) is 0.881. The number of nitrogens with one attached hydrogen (secondary N) is 2. The van der Waals surface area contributed by atoms with Crippen LogP contribution in [-0.2, 0) is 0 Å². The molecule has 0 amide bonds. The van der Waals surface area contributed by atoms with Crippen LogP contribution in [-0.4, -0.2) is 12.0 Å². The topological polar surface area (TPSA) is 37.0 Å². The van der Waals surface area contributed by atoms with Crippen molar-refractivity contribution in [2.75, 3.05) is 17.7 Å². The molecular formula is C12H10F3N3. The van der Waals surface area contributed by atoms with Crippen LogP contribution in [0.25, 0.3) is 0 Å². The van der Waals surface area contributed by atoms with Crippen molar-refractivity contribution < 1.29 is 13.2 Å². The van der Waals surface area contributed by atoms with E-state index in [1.165, 1.54) is 25.2 Å². The molecule has 2 N–H and O–H groups in total. The van der Waals surface area contributed by atoms with Gasteiger partial charge in [-0.25, -0.2) is 18.2 Å². The van der Waals surface area contributed by atoms with Crippen LogP contribution in [0.2, 0.25) is 0 Å². The maximum Gasteiger partial charge on any atom is 0.169 e. The Labute approximate surface area is 102 Å². The molecule has 0 aliphatic rings. The number of pyridine rings is 1. The fourth-order valence-electron chi connectivity index (χ4n) is 1.43. The third kappa shape index (κ3) is 2.53. The van der Waals surface area contributed by atoms with E-state index in [9.17, 15) is 13.2 Å². The molecule has 0 atom stereocenters. The fourth-order valence-corrected chi connectivity index (χ4v) is 1.43. The molecule has 2 rings (SSSR count). The average Bonchev–Trinajstić information content (AvgIpc) is 2.33. The average molecular weight is 253 g/mol. The van der Waals surface area contributed by atoms with Crippen molar-refractivity contribution in [3.05, 3.63) is 47.8 Å². The minimum atomic E-state index is -0.851. The summed E-state index contributed by atoms with van der Waals surface area (Å²) in [6.45, 7) is 0. The van der Waals surface area contributed by atoms with Gasteiger partial charge in [0.1, 0.15) is 5.82 Å². The first-order valence-electron chi connectivity index (χ1n) is 5.16. The second kappa shape index (κ2) is 4.95. The van der Waals surface area contributed by atoms with Crippen molar-refractivity contribution >= 4 is 17.3 Å². The van der Waals surface area contributed by atoms with Crippen LogP contribution in [0.4, 0.5) is 30.5 Å². The molecule has 0 bridgehead atoms. The maximum atomic E-state index is 13.5. The van der Waals surface area contributed by atoms with Crippen molar-refractivity contribution in [2.24, 2.45) is 0 Å². The Morgan fingerprint density at radius 1 is 1.00 bits per heavy atom. The minimum Gasteiger partial charge on any atom is -0.371 e. The molecule has 0 aliphatic heterocycles. The summed E-state index contributed by atoms with van der Waals surface area (Å²) < 4.78 is 39.6. The van der Waals surface area contributed by atoms with Crippen LogP contribution in [0.15, 0.2) is 30.3 Å². The van der Waals surface area contributed by atoms with Gasteiger partial charge in [0.05, 0.1) is 0 Å². The van der Waals surface area contributed by atoms with Gasteiger partial charge in [-0.1, -0.05) is 6.07 Å². The number of rotatable bonds is 3. The minimum absolute atomic E-state index is 0.0877. The molecule has 0 spiro atoms. The fraction of sp³-hybridized carbons (Fsp3) is 0.0833. The second-order valence-corrected chi connectivity index (χ2v) is 3.53. The normalized spacial score (nSPS) is 10.2. The zero-order chi connectivity index (χ0) is 13.1. The first kappa shape index (κ1) is 12.2. The summed E-state index contributed by atoms with van der Waals surface area (Å²) in [5.74, 6) is -2.37. The summed E-state index contributed by atoms with van der Waals surface area (Å²) in [5.41, 5.74) is 0.329. The van der Waals surface area contributed by atoms with E-state index in [0.717, 1.165) is 0 Å². The zero-order valence-electron chi connectivity index (χ0n) is 9.47. The van der Waals surface area contributed by atoms with Crippen LogP contribution in [0.3, 0.4) is 0 Å². The van der Waals surface area contributed by atoms with Crippen molar-refractivity contribution in [3.63, 3.8) is 0 Å². The number of nitrogens with zero attached hydrogens (tertiary/aromatic N) is 1. The van der Waals surface area contributed by atoms with Gasteiger partial charge in [-0.05, 0) is 18.2 Å². The molecule has 18 heavy (non-hydrogen) atoms. The monoisotopic (exact) mass is 253 g/mol. The number of halogens is 3. The molecule has 0 fully saturated rings. The van der Waals surface area contributed by atoms with E-state index in [1.807, 2.05) is 0 Å². The molecule has 2 aromatic rings. The lowest BCUT2D eigenvalue weighted by Gasteiger charge is -2.09. The van der Waals surface area contributed by atoms with Crippen LogP contribution < -0.4 is 10.6 Å². The molecule has 3 nitrogen and oxygen atoms in total. The lowest BCUT2D eigenvalue weighted by atomic mass is 10.3. The molecule has 6 heteroatoms. The summed E-state index contributed by atoms with van der Waals surface area (Å²) in [6, 6.07) is 6.17. The number of aromatic nitrogens is 1. The highest BCUT2D eigenvalue weighted by atomic mass is 19.1. The molecule has 0 radical (unpaired) electrons. The van der Waals surface area contributed by atoms with Crippen LogP contribution in [0, 0.1) is 17.5 Å². The van der Waals surface area contributed by atoms with E-state index in [1.54, 1.807) is 6.07 Å². The van der Waals surface area contributed by atoms with E-state index in [0.29, 0.717) is 11.8 Å². The van der Waals surface area contributed by atoms with Crippen molar-refractivity contribution in [1.82, 2.24) is 4.98 Å². The predicted octanol–water partition coefficient (Wildman–Crippen LogP) is 3.28. The van der Waals surface area contributed by atoms with Gasteiger partial charge >= 0.3 is 0 Å². The Hall–Kier alpha value is -2.24. The molecule has 94 valence electrons. The molecule has 1 heterocycles. The molecule has 0 saturated carbocycles. The molecule has 0 saturated heterocycles. The van der Waals surface area contributed by atoms with Gasteiger partial charge in [0, 0.05) is 18.8 Å². The lowest BCUT2D eigenvalue weighted by molar-refractivity contribution is 0.580. The van der Waals surface area contributed by atoms with E-state index >= 15 is 0 Å². The van der Waals surface area contributed by atoms with E-state index in [4.69, 9.17) is 0 Å². The summed E-state index contributed by atoms with van der Waals surface area (Å²) in [5, 5.41) is 5.08. The van der Waals surface area contributed by atoms with Gasteiger partial charge < -0.3 is 10.6 Å². The third-order valence-electron chi connectivity index (χ3n) is 2.25. The molecule has 0 unspecified atom stereocenters.